The van der Waals surface area contributed by atoms with E-state index < -0.39 is 0 Å². The van der Waals surface area contributed by atoms with Gasteiger partial charge in [-0.05, 0) is 23.6 Å². The molecule has 0 aliphatic carbocycles. The van der Waals surface area contributed by atoms with Crippen LogP contribution in [0.1, 0.15) is 11.5 Å². The van der Waals surface area contributed by atoms with Gasteiger partial charge in [0.2, 0.25) is 5.91 Å². The minimum atomic E-state index is -0.175. The molecule has 0 aliphatic heterocycles. The summed E-state index contributed by atoms with van der Waals surface area (Å²) in [5, 5.41) is 4.54. The van der Waals surface area contributed by atoms with E-state index >= 15 is 0 Å². The van der Waals surface area contributed by atoms with Crippen molar-refractivity contribution in [2.75, 3.05) is 7.05 Å². The number of carbonyl (C=O) groups is 1. The second-order valence-electron chi connectivity index (χ2n) is 5.96. The highest BCUT2D eigenvalue weighted by Crippen LogP contribution is 2.23. The van der Waals surface area contributed by atoms with Crippen LogP contribution < -0.4 is 5.56 Å². The average Bonchev–Trinajstić information content (AvgIpc) is 3.32. The molecule has 7 nitrogen and oxygen atoms in total. The van der Waals surface area contributed by atoms with Gasteiger partial charge in [0.15, 0.2) is 0 Å². The number of amides is 1. The van der Waals surface area contributed by atoms with E-state index in [1.54, 1.807) is 30.4 Å². The van der Waals surface area contributed by atoms with Crippen molar-refractivity contribution in [3.63, 3.8) is 0 Å². The monoisotopic (exact) mass is 397 g/mol. The van der Waals surface area contributed by atoms with E-state index in [-0.39, 0.29) is 24.4 Å². The zero-order chi connectivity index (χ0) is 18.8. The third-order valence-corrected chi connectivity index (χ3v) is 5.81. The number of carbonyl (C=O) groups excluding carboxylic acids is 1. The molecule has 0 spiro atoms. The number of hydrogen-bond donors (Lipinski definition) is 1. The number of thiazole rings is 1. The number of hydrogen-bond acceptors (Lipinski definition) is 7. The van der Waals surface area contributed by atoms with Crippen molar-refractivity contribution in [3.8, 4) is 10.6 Å². The third kappa shape index (κ3) is 3.79. The quantitative estimate of drug-likeness (QED) is 0.559. The summed E-state index contributed by atoms with van der Waals surface area (Å²) >= 11 is 2.84. The molecule has 0 aromatic carbocycles. The van der Waals surface area contributed by atoms with Crippen LogP contribution in [-0.4, -0.2) is 37.8 Å². The Morgan fingerprint density at radius 2 is 2.15 bits per heavy atom. The maximum absolute atomic E-state index is 12.5. The van der Waals surface area contributed by atoms with Crippen LogP contribution in [0.25, 0.3) is 20.8 Å². The van der Waals surface area contributed by atoms with Gasteiger partial charge >= 0.3 is 0 Å². The van der Waals surface area contributed by atoms with Crippen molar-refractivity contribution in [1.82, 2.24) is 24.8 Å². The van der Waals surface area contributed by atoms with Crippen LogP contribution >= 0.6 is 22.7 Å². The molecule has 0 aliphatic rings. The number of thiophene rings is 1. The SMILES string of the molecule is CN(Cc1nc2ccsc2c(=O)[nH]1)C(=O)Cc1csc(-c2cccnc2)n1. The molecule has 0 saturated carbocycles. The average molecular weight is 397 g/mol. The number of H-pyrrole nitrogens is 1. The van der Waals surface area contributed by atoms with Gasteiger partial charge in [-0.3, -0.25) is 14.6 Å². The highest BCUT2D eigenvalue weighted by atomic mass is 32.1. The van der Waals surface area contributed by atoms with Gasteiger partial charge < -0.3 is 9.88 Å². The topological polar surface area (TPSA) is 91.8 Å². The Bertz CT molecular complexity index is 1150. The first-order valence-electron chi connectivity index (χ1n) is 8.15. The minimum absolute atomic E-state index is 0.0916. The summed E-state index contributed by atoms with van der Waals surface area (Å²) in [6.07, 6.45) is 3.65. The molecule has 4 rings (SSSR count). The van der Waals surface area contributed by atoms with E-state index in [1.807, 2.05) is 22.9 Å². The van der Waals surface area contributed by atoms with Gasteiger partial charge in [-0.25, -0.2) is 9.97 Å². The van der Waals surface area contributed by atoms with Gasteiger partial charge in [0.1, 0.15) is 15.5 Å². The minimum Gasteiger partial charge on any atom is -0.338 e. The zero-order valence-corrected chi connectivity index (χ0v) is 16.0. The summed E-state index contributed by atoms with van der Waals surface area (Å²) in [4.78, 5) is 41.9. The normalized spacial score (nSPS) is 11.0. The second-order valence-corrected chi connectivity index (χ2v) is 7.73. The molecule has 0 bridgehead atoms. The zero-order valence-electron chi connectivity index (χ0n) is 14.4. The standard InChI is InChI=1S/C18H15N5O2S2/c1-23(9-14-21-13-4-6-26-16(13)17(25)22-14)15(24)7-12-10-27-18(20-12)11-3-2-5-19-8-11/h2-6,8,10H,7,9H2,1H3,(H,21,22,25). The number of aromatic amines is 1. The van der Waals surface area contributed by atoms with Crippen molar-refractivity contribution in [1.29, 1.82) is 0 Å². The number of nitrogens with one attached hydrogen (secondary N) is 1. The van der Waals surface area contributed by atoms with E-state index in [1.165, 1.54) is 22.7 Å². The number of pyridine rings is 1. The Hall–Kier alpha value is -2.91. The van der Waals surface area contributed by atoms with Gasteiger partial charge in [0.25, 0.3) is 5.56 Å². The molecule has 136 valence electrons. The first kappa shape index (κ1) is 17.5. The second kappa shape index (κ2) is 7.37. The summed E-state index contributed by atoms with van der Waals surface area (Å²) in [5.74, 6) is 0.377. The molecular weight excluding hydrogens is 382 g/mol. The van der Waals surface area contributed by atoms with Crippen molar-refractivity contribution in [2.45, 2.75) is 13.0 Å². The van der Waals surface area contributed by atoms with Crippen LogP contribution in [0.15, 0.2) is 46.1 Å². The summed E-state index contributed by atoms with van der Waals surface area (Å²) in [5.41, 5.74) is 2.12. The molecule has 0 radical (unpaired) electrons. The highest BCUT2D eigenvalue weighted by molar-refractivity contribution is 7.17. The summed E-state index contributed by atoms with van der Waals surface area (Å²) in [6, 6.07) is 5.59. The molecule has 4 aromatic rings. The predicted molar refractivity (Wildman–Crippen MR) is 106 cm³/mol. The highest BCUT2D eigenvalue weighted by Gasteiger charge is 2.15. The lowest BCUT2D eigenvalue weighted by Gasteiger charge is -2.15. The van der Waals surface area contributed by atoms with Crippen LogP contribution in [0.3, 0.4) is 0 Å². The van der Waals surface area contributed by atoms with E-state index in [4.69, 9.17) is 0 Å². The van der Waals surface area contributed by atoms with Crippen LogP contribution in [0.2, 0.25) is 0 Å². The van der Waals surface area contributed by atoms with Crippen molar-refractivity contribution in [3.05, 3.63) is 63.2 Å². The Balaban J connectivity index is 1.45. The fourth-order valence-electron chi connectivity index (χ4n) is 2.61. The molecule has 4 aromatic heterocycles. The molecule has 1 amide bonds. The Morgan fingerprint density at radius 1 is 1.26 bits per heavy atom. The van der Waals surface area contributed by atoms with Gasteiger partial charge in [-0.2, -0.15) is 0 Å². The summed E-state index contributed by atoms with van der Waals surface area (Å²) in [6.45, 7) is 0.236. The van der Waals surface area contributed by atoms with Crippen molar-refractivity contribution >= 4 is 38.8 Å². The Kier molecular flexibility index (Phi) is 4.78. The van der Waals surface area contributed by atoms with E-state index in [2.05, 4.69) is 19.9 Å². The number of likely N-dealkylation sites (N-methyl/N-ethyl adjacent to an activating group) is 1. The maximum Gasteiger partial charge on any atom is 0.268 e. The Morgan fingerprint density at radius 3 is 2.96 bits per heavy atom. The smallest absolute Gasteiger partial charge is 0.268 e. The lowest BCUT2D eigenvalue weighted by molar-refractivity contribution is -0.129. The number of fused-ring (bicyclic) bond motifs is 1. The maximum atomic E-state index is 12.5. The van der Waals surface area contributed by atoms with Gasteiger partial charge in [0, 0.05) is 30.4 Å². The first-order valence-corrected chi connectivity index (χ1v) is 9.91. The summed E-state index contributed by atoms with van der Waals surface area (Å²) < 4.78 is 0.595. The van der Waals surface area contributed by atoms with E-state index in [9.17, 15) is 9.59 Å². The largest absolute Gasteiger partial charge is 0.338 e. The predicted octanol–water partition coefficient (Wildman–Crippen LogP) is 2.70. The van der Waals surface area contributed by atoms with Gasteiger partial charge in [-0.15, -0.1) is 22.7 Å². The molecular formula is C18H15N5O2S2. The van der Waals surface area contributed by atoms with E-state index in [0.29, 0.717) is 21.7 Å². The fourth-order valence-corrected chi connectivity index (χ4v) is 4.15. The molecule has 1 N–H and O–H groups in total. The van der Waals surface area contributed by atoms with Crippen molar-refractivity contribution in [2.24, 2.45) is 0 Å². The van der Waals surface area contributed by atoms with Crippen LogP contribution in [0, 0.1) is 0 Å². The van der Waals surface area contributed by atoms with Gasteiger partial charge in [0.05, 0.1) is 24.2 Å². The molecule has 0 unspecified atom stereocenters. The molecule has 0 fully saturated rings. The number of aromatic nitrogens is 4. The molecule has 27 heavy (non-hydrogen) atoms. The molecule has 4 heterocycles. The first-order chi connectivity index (χ1) is 13.1. The third-order valence-electron chi connectivity index (χ3n) is 3.97. The molecule has 0 atom stereocenters. The number of rotatable bonds is 5. The fraction of sp³-hybridized carbons (Fsp3) is 0.167. The Labute approximate surface area is 162 Å². The lowest BCUT2D eigenvalue weighted by Crippen LogP contribution is -2.29. The van der Waals surface area contributed by atoms with E-state index in [0.717, 1.165) is 10.6 Å². The molecule has 0 saturated heterocycles. The summed E-state index contributed by atoms with van der Waals surface area (Å²) in [7, 11) is 1.69. The van der Waals surface area contributed by atoms with Crippen molar-refractivity contribution < 1.29 is 4.79 Å². The van der Waals surface area contributed by atoms with Crippen LogP contribution in [0.5, 0.6) is 0 Å². The lowest BCUT2D eigenvalue weighted by atomic mass is 10.3. The van der Waals surface area contributed by atoms with Crippen LogP contribution in [-0.2, 0) is 17.8 Å². The number of nitrogens with zero attached hydrogens (tertiary/aromatic N) is 4. The van der Waals surface area contributed by atoms with Gasteiger partial charge in [-0.1, -0.05) is 0 Å². The van der Waals surface area contributed by atoms with Crippen LogP contribution in [0.4, 0.5) is 0 Å². The molecule has 9 heteroatoms.